The van der Waals surface area contributed by atoms with Gasteiger partial charge in [0, 0.05) is 19.5 Å². The highest BCUT2D eigenvalue weighted by Crippen LogP contribution is 2.21. The van der Waals surface area contributed by atoms with E-state index in [4.69, 9.17) is 9.84 Å². The molecule has 0 spiro atoms. The Morgan fingerprint density at radius 3 is 2.06 bits per heavy atom. The van der Waals surface area contributed by atoms with Crippen molar-refractivity contribution in [2.24, 2.45) is 0 Å². The third-order valence-corrected chi connectivity index (χ3v) is 7.14. The molecule has 2 rings (SSSR count). The number of hydrogen-bond acceptors (Lipinski definition) is 4. The quantitative estimate of drug-likeness (QED) is 0.381. The van der Waals surface area contributed by atoms with Gasteiger partial charge < -0.3 is 9.84 Å². The number of sulfonamides is 1. The zero-order chi connectivity index (χ0) is 23.4. The molecular formula is C25H35NO5S. The lowest BCUT2D eigenvalue weighted by molar-refractivity contribution is -0.136. The number of aryl methyl sites for hydroxylation is 2. The second-order valence-corrected chi connectivity index (χ2v) is 9.83. The van der Waals surface area contributed by atoms with Gasteiger partial charge in [-0.2, -0.15) is 4.31 Å². The van der Waals surface area contributed by atoms with Crippen molar-refractivity contribution in [1.82, 2.24) is 4.31 Å². The van der Waals surface area contributed by atoms with Crippen molar-refractivity contribution in [2.75, 3.05) is 19.7 Å². The van der Waals surface area contributed by atoms with Crippen LogP contribution in [0.5, 0.6) is 5.75 Å². The predicted molar refractivity (Wildman–Crippen MR) is 127 cm³/mol. The van der Waals surface area contributed by atoms with Gasteiger partial charge in [0.25, 0.3) is 0 Å². The van der Waals surface area contributed by atoms with Crippen LogP contribution in [0.1, 0.15) is 57.1 Å². The van der Waals surface area contributed by atoms with Crippen molar-refractivity contribution < 1.29 is 23.1 Å². The monoisotopic (exact) mass is 461 g/mol. The fourth-order valence-corrected chi connectivity index (χ4v) is 4.95. The number of carboxylic acids is 1. The summed E-state index contributed by atoms with van der Waals surface area (Å²) in [7, 11) is -3.56. The summed E-state index contributed by atoms with van der Waals surface area (Å²) in [6.07, 6.45) is 4.87. The summed E-state index contributed by atoms with van der Waals surface area (Å²) in [5, 5.41) is 8.79. The van der Waals surface area contributed by atoms with Gasteiger partial charge in [0.1, 0.15) is 5.75 Å². The van der Waals surface area contributed by atoms with Gasteiger partial charge >= 0.3 is 5.97 Å². The van der Waals surface area contributed by atoms with Crippen LogP contribution >= 0.6 is 0 Å². The number of ether oxygens (including phenoxy) is 1. The first kappa shape index (κ1) is 25.9. The number of carboxylic acid groups (broad SMARTS) is 1. The van der Waals surface area contributed by atoms with Crippen molar-refractivity contribution in [1.29, 1.82) is 0 Å². The molecular weight excluding hydrogens is 426 g/mol. The third-order valence-electron chi connectivity index (χ3n) is 5.22. The van der Waals surface area contributed by atoms with Crippen molar-refractivity contribution >= 4 is 16.0 Å². The Hall–Kier alpha value is -2.38. The zero-order valence-corrected chi connectivity index (χ0v) is 19.9. The van der Waals surface area contributed by atoms with Gasteiger partial charge in [0.15, 0.2) is 0 Å². The number of nitrogens with zero attached hydrogens (tertiary/aromatic N) is 1. The average Bonchev–Trinajstić information content (AvgIpc) is 2.78. The fourth-order valence-electron chi connectivity index (χ4n) is 3.38. The second kappa shape index (κ2) is 13.2. The van der Waals surface area contributed by atoms with Crippen molar-refractivity contribution in [3.63, 3.8) is 0 Å². The molecule has 2 aromatic carbocycles. The molecule has 0 aliphatic carbocycles. The van der Waals surface area contributed by atoms with Crippen LogP contribution in [0.2, 0.25) is 0 Å². The van der Waals surface area contributed by atoms with Gasteiger partial charge in [0.05, 0.1) is 11.5 Å². The Labute approximate surface area is 192 Å². The summed E-state index contributed by atoms with van der Waals surface area (Å²) in [4.78, 5) is 11.0. The Morgan fingerprint density at radius 2 is 1.50 bits per heavy atom. The maximum absolute atomic E-state index is 13.1. The molecule has 0 atom stereocenters. The molecule has 0 aliphatic rings. The summed E-state index contributed by atoms with van der Waals surface area (Å²) in [5.41, 5.74) is 2.11. The lowest BCUT2D eigenvalue weighted by atomic mass is 10.0. The van der Waals surface area contributed by atoms with Gasteiger partial charge in [-0.1, -0.05) is 44.5 Å². The molecule has 0 bridgehead atoms. The molecule has 0 aliphatic heterocycles. The molecule has 32 heavy (non-hydrogen) atoms. The van der Waals surface area contributed by atoms with E-state index in [1.54, 1.807) is 28.6 Å². The van der Waals surface area contributed by atoms with Crippen LogP contribution in [0.3, 0.4) is 0 Å². The number of benzene rings is 2. The first-order valence-corrected chi connectivity index (χ1v) is 12.8. The van der Waals surface area contributed by atoms with E-state index in [1.165, 1.54) is 0 Å². The molecule has 176 valence electrons. The van der Waals surface area contributed by atoms with Crippen molar-refractivity contribution in [3.05, 3.63) is 59.7 Å². The van der Waals surface area contributed by atoms with Crippen LogP contribution in [0.25, 0.3) is 0 Å². The molecule has 0 radical (unpaired) electrons. The Balaban J connectivity index is 1.94. The van der Waals surface area contributed by atoms with Gasteiger partial charge in [-0.3, -0.25) is 4.79 Å². The van der Waals surface area contributed by atoms with E-state index in [0.717, 1.165) is 36.8 Å². The van der Waals surface area contributed by atoms with E-state index in [-0.39, 0.29) is 11.3 Å². The van der Waals surface area contributed by atoms with Crippen molar-refractivity contribution in [2.45, 2.75) is 63.7 Å². The maximum Gasteiger partial charge on any atom is 0.303 e. The summed E-state index contributed by atoms with van der Waals surface area (Å²) in [5.74, 6) is -0.115. The molecule has 1 N–H and O–H groups in total. The molecule has 0 unspecified atom stereocenters. The Bertz CT molecular complexity index is 924. The lowest BCUT2D eigenvalue weighted by Crippen LogP contribution is -2.33. The molecule has 2 aromatic rings. The number of rotatable bonds is 15. The van der Waals surface area contributed by atoms with Crippen LogP contribution in [0.4, 0.5) is 0 Å². The second-order valence-electron chi connectivity index (χ2n) is 7.89. The molecule has 0 fully saturated rings. The molecule has 0 aromatic heterocycles. The van der Waals surface area contributed by atoms with Gasteiger partial charge in [-0.25, -0.2) is 8.42 Å². The first-order valence-electron chi connectivity index (χ1n) is 11.4. The average molecular weight is 462 g/mol. The fraction of sp³-hybridized carbons (Fsp3) is 0.480. The Kier molecular flexibility index (Phi) is 10.7. The first-order chi connectivity index (χ1) is 15.4. The number of unbranched alkanes of at least 4 members (excludes halogenated alkanes) is 1. The minimum absolute atomic E-state index is 0.120. The summed E-state index contributed by atoms with van der Waals surface area (Å²) in [6.45, 7) is 5.63. The van der Waals surface area contributed by atoms with E-state index in [2.05, 4.69) is 6.92 Å². The molecule has 7 heteroatoms. The summed E-state index contributed by atoms with van der Waals surface area (Å²) >= 11 is 0. The maximum atomic E-state index is 13.1. The SMILES string of the molecule is CCCCOc1ccc(S(=O)(=O)N(CCC)CCCc2ccc(CCC(=O)O)cc2)cc1. The zero-order valence-electron chi connectivity index (χ0n) is 19.1. The van der Waals surface area contributed by atoms with Crippen molar-refractivity contribution in [3.8, 4) is 5.75 Å². The number of carbonyl (C=O) groups is 1. The van der Waals surface area contributed by atoms with E-state index in [0.29, 0.717) is 38.3 Å². The smallest absolute Gasteiger partial charge is 0.303 e. The van der Waals surface area contributed by atoms with Crippen LogP contribution in [-0.2, 0) is 27.7 Å². The highest BCUT2D eigenvalue weighted by atomic mass is 32.2. The Morgan fingerprint density at radius 1 is 0.875 bits per heavy atom. The van der Waals surface area contributed by atoms with E-state index in [9.17, 15) is 13.2 Å². The minimum Gasteiger partial charge on any atom is -0.494 e. The summed E-state index contributed by atoms with van der Waals surface area (Å²) < 4.78 is 33.5. The predicted octanol–water partition coefficient (Wildman–Crippen LogP) is 4.92. The molecule has 0 amide bonds. The normalized spacial score (nSPS) is 11.6. The van der Waals surface area contributed by atoms with E-state index < -0.39 is 16.0 Å². The number of hydrogen-bond donors (Lipinski definition) is 1. The number of aliphatic carboxylic acids is 1. The molecule has 0 heterocycles. The molecule has 0 saturated heterocycles. The minimum atomic E-state index is -3.56. The van der Waals surface area contributed by atoms with Crippen LogP contribution in [-0.4, -0.2) is 43.5 Å². The highest BCUT2D eigenvalue weighted by molar-refractivity contribution is 7.89. The van der Waals surface area contributed by atoms with Crippen LogP contribution in [0.15, 0.2) is 53.4 Å². The van der Waals surface area contributed by atoms with Gasteiger partial charge in [0.2, 0.25) is 10.0 Å². The molecule has 6 nitrogen and oxygen atoms in total. The highest BCUT2D eigenvalue weighted by Gasteiger charge is 2.23. The van der Waals surface area contributed by atoms with Gasteiger partial charge in [-0.15, -0.1) is 0 Å². The third kappa shape index (κ3) is 8.28. The molecule has 0 saturated carbocycles. The largest absolute Gasteiger partial charge is 0.494 e. The summed E-state index contributed by atoms with van der Waals surface area (Å²) in [6, 6.07) is 14.6. The standard InChI is InChI=1S/C25H35NO5S/c1-3-5-20-31-23-13-15-24(16-14-23)32(29,30)26(18-4-2)19-6-7-21-8-10-22(11-9-21)12-17-25(27)28/h8-11,13-16H,3-7,12,17-20H2,1-2H3,(H,27,28). The van der Waals surface area contributed by atoms with Crippen LogP contribution in [0, 0.1) is 0 Å². The topological polar surface area (TPSA) is 83.9 Å². The lowest BCUT2D eigenvalue weighted by Gasteiger charge is -2.22. The van der Waals surface area contributed by atoms with E-state index in [1.807, 2.05) is 31.2 Å². The van der Waals surface area contributed by atoms with Crippen LogP contribution < -0.4 is 4.74 Å². The van der Waals surface area contributed by atoms with E-state index >= 15 is 0 Å². The van der Waals surface area contributed by atoms with Gasteiger partial charge in [-0.05, 0) is 67.5 Å².